The second kappa shape index (κ2) is 6.66. The first-order chi connectivity index (χ1) is 7.65. The zero-order valence-corrected chi connectivity index (χ0v) is 10.7. The van der Waals surface area contributed by atoms with Gasteiger partial charge in [-0.05, 0) is 24.9 Å². The van der Waals surface area contributed by atoms with Crippen LogP contribution >= 0.6 is 0 Å². The minimum Gasteiger partial charge on any atom is -0.329 e. The van der Waals surface area contributed by atoms with E-state index in [1.54, 1.807) is 0 Å². The van der Waals surface area contributed by atoms with Crippen molar-refractivity contribution in [3.05, 3.63) is 35.9 Å². The molecular weight excluding hydrogens is 196 g/mol. The fourth-order valence-corrected chi connectivity index (χ4v) is 2.08. The minimum atomic E-state index is 0.490. The van der Waals surface area contributed by atoms with E-state index in [0.29, 0.717) is 12.0 Å². The predicted molar refractivity (Wildman–Crippen MR) is 70.5 cm³/mol. The molecule has 16 heavy (non-hydrogen) atoms. The van der Waals surface area contributed by atoms with Crippen LogP contribution in [0.4, 0.5) is 0 Å². The molecule has 2 heteroatoms. The third kappa shape index (κ3) is 3.95. The maximum absolute atomic E-state index is 5.80. The first-order valence-corrected chi connectivity index (χ1v) is 6.09. The molecular formula is C14H24N2. The number of likely N-dealkylation sites (N-methyl/N-ethyl adjacent to an activating group) is 1. The smallest absolute Gasteiger partial charge is 0.0238 e. The highest BCUT2D eigenvalue weighted by Crippen LogP contribution is 2.09. The second-order valence-electron chi connectivity index (χ2n) is 4.76. The number of nitrogens with zero attached hydrogens (tertiary/aromatic N) is 1. The van der Waals surface area contributed by atoms with Crippen LogP contribution in [0.15, 0.2) is 30.3 Å². The molecule has 1 aromatic carbocycles. The van der Waals surface area contributed by atoms with E-state index < -0.39 is 0 Å². The van der Waals surface area contributed by atoms with Gasteiger partial charge in [0.15, 0.2) is 0 Å². The molecule has 0 aliphatic heterocycles. The summed E-state index contributed by atoms with van der Waals surface area (Å²) in [5, 5.41) is 0. The van der Waals surface area contributed by atoms with Gasteiger partial charge in [-0.25, -0.2) is 0 Å². The molecule has 0 bridgehead atoms. The van der Waals surface area contributed by atoms with E-state index in [2.05, 4.69) is 56.1 Å². The van der Waals surface area contributed by atoms with Gasteiger partial charge in [0.25, 0.3) is 0 Å². The van der Waals surface area contributed by atoms with Gasteiger partial charge in [-0.15, -0.1) is 0 Å². The van der Waals surface area contributed by atoms with E-state index in [4.69, 9.17) is 5.73 Å². The molecule has 0 aromatic heterocycles. The number of hydrogen-bond donors (Lipinski definition) is 1. The number of nitrogens with two attached hydrogens (primary N) is 1. The van der Waals surface area contributed by atoms with Gasteiger partial charge in [0, 0.05) is 19.1 Å². The molecule has 0 aliphatic carbocycles. The van der Waals surface area contributed by atoms with Crippen molar-refractivity contribution in [2.45, 2.75) is 26.3 Å². The van der Waals surface area contributed by atoms with Crippen molar-refractivity contribution in [3.63, 3.8) is 0 Å². The van der Waals surface area contributed by atoms with Gasteiger partial charge < -0.3 is 10.6 Å². The molecule has 1 unspecified atom stereocenters. The van der Waals surface area contributed by atoms with Crippen LogP contribution in [-0.2, 0) is 6.42 Å². The highest BCUT2D eigenvalue weighted by Gasteiger charge is 2.16. The molecule has 1 atom stereocenters. The molecule has 0 heterocycles. The molecule has 0 amide bonds. The first kappa shape index (κ1) is 13.2. The zero-order valence-electron chi connectivity index (χ0n) is 10.7. The Bertz CT molecular complexity index is 282. The lowest BCUT2D eigenvalue weighted by molar-refractivity contribution is 0.200. The maximum Gasteiger partial charge on any atom is 0.0238 e. The quantitative estimate of drug-likeness (QED) is 0.796. The van der Waals surface area contributed by atoms with E-state index >= 15 is 0 Å². The summed E-state index contributed by atoms with van der Waals surface area (Å²) in [5.41, 5.74) is 7.20. The lowest BCUT2D eigenvalue weighted by atomic mass is 10.0. The van der Waals surface area contributed by atoms with Gasteiger partial charge in [-0.3, -0.25) is 0 Å². The fraction of sp³-hybridized carbons (Fsp3) is 0.571. The highest BCUT2D eigenvalue weighted by molar-refractivity contribution is 5.14. The number of benzene rings is 1. The summed E-state index contributed by atoms with van der Waals surface area (Å²) in [7, 11) is 2.17. The van der Waals surface area contributed by atoms with Crippen LogP contribution in [0.1, 0.15) is 19.4 Å². The monoisotopic (exact) mass is 220 g/mol. The Kier molecular flexibility index (Phi) is 5.50. The Balaban J connectivity index is 2.43. The molecule has 0 saturated heterocycles. The largest absolute Gasteiger partial charge is 0.329 e. The van der Waals surface area contributed by atoms with Crippen LogP contribution < -0.4 is 5.73 Å². The zero-order chi connectivity index (χ0) is 12.0. The molecule has 0 radical (unpaired) electrons. The van der Waals surface area contributed by atoms with E-state index in [1.807, 2.05) is 0 Å². The Morgan fingerprint density at radius 2 is 1.81 bits per heavy atom. The minimum absolute atomic E-state index is 0.490. The molecule has 1 aromatic rings. The van der Waals surface area contributed by atoms with Gasteiger partial charge in [0.1, 0.15) is 0 Å². The molecule has 2 nitrogen and oxygen atoms in total. The molecule has 0 spiro atoms. The Morgan fingerprint density at radius 1 is 1.19 bits per heavy atom. The molecule has 0 saturated carbocycles. The summed E-state index contributed by atoms with van der Waals surface area (Å²) in [4.78, 5) is 2.37. The lowest BCUT2D eigenvalue weighted by Crippen LogP contribution is -2.42. The summed E-state index contributed by atoms with van der Waals surface area (Å²) in [6.07, 6.45) is 1.10. The summed E-state index contributed by atoms with van der Waals surface area (Å²) >= 11 is 0. The van der Waals surface area contributed by atoms with E-state index in [9.17, 15) is 0 Å². The second-order valence-corrected chi connectivity index (χ2v) is 4.76. The Hall–Kier alpha value is -0.860. The van der Waals surface area contributed by atoms with Crippen molar-refractivity contribution >= 4 is 0 Å². The Morgan fingerprint density at radius 3 is 2.31 bits per heavy atom. The molecule has 2 N–H and O–H groups in total. The van der Waals surface area contributed by atoms with E-state index in [1.165, 1.54) is 5.56 Å². The van der Waals surface area contributed by atoms with Gasteiger partial charge >= 0.3 is 0 Å². The first-order valence-electron chi connectivity index (χ1n) is 6.09. The van der Waals surface area contributed by atoms with Gasteiger partial charge in [-0.2, -0.15) is 0 Å². The third-order valence-electron chi connectivity index (χ3n) is 3.17. The van der Waals surface area contributed by atoms with Gasteiger partial charge in [-0.1, -0.05) is 44.2 Å². The average Bonchev–Trinajstić information content (AvgIpc) is 2.28. The van der Waals surface area contributed by atoms with E-state index in [-0.39, 0.29) is 0 Å². The van der Waals surface area contributed by atoms with E-state index in [0.717, 1.165) is 19.5 Å². The lowest BCUT2D eigenvalue weighted by Gasteiger charge is -2.30. The van der Waals surface area contributed by atoms with Crippen molar-refractivity contribution in [3.8, 4) is 0 Å². The predicted octanol–water partition coefficient (Wildman–Crippen LogP) is 2.14. The Labute approximate surface area is 99.5 Å². The van der Waals surface area contributed by atoms with Crippen molar-refractivity contribution in [1.29, 1.82) is 0 Å². The van der Waals surface area contributed by atoms with Gasteiger partial charge in [0.05, 0.1) is 0 Å². The average molecular weight is 220 g/mol. The molecule has 0 aliphatic rings. The van der Waals surface area contributed by atoms with Crippen molar-refractivity contribution in [1.82, 2.24) is 4.90 Å². The summed E-state index contributed by atoms with van der Waals surface area (Å²) < 4.78 is 0. The van der Waals surface area contributed by atoms with Crippen LogP contribution in [0.2, 0.25) is 0 Å². The van der Waals surface area contributed by atoms with Crippen LogP contribution in [0, 0.1) is 5.92 Å². The molecule has 0 fully saturated rings. The number of rotatable bonds is 6. The normalized spacial score (nSPS) is 13.4. The topological polar surface area (TPSA) is 29.3 Å². The molecule has 1 rings (SSSR count). The summed E-state index contributed by atoms with van der Waals surface area (Å²) in [6.45, 7) is 6.28. The summed E-state index contributed by atoms with van der Waals surface area (Å²) in [5.74, 6) is 0.616. The SMILES string of the molecule is CC(C)C(CN)N(C)CCc1ccccc1. The highest BCUT2D eigenvalue weighted by atomic mass is 15.1. The van der Waals surface area contributed by atoms with Gasteiger partial charge in [0.2, 0.25) is 0 Å². The van der Waals surface area contributed by atoms with Crippen molar-refractivity contribution in [2.75, 3.05) is 20.1 Å². The summed E-state index contributed by atoms with van der Waals surface area (Å²) in [6, 6.07) is 11.1. The standard InChI is InChI=1S/C14H24N2/c1-12(2)14(11-15)16(3)10-9-13-7-5-4-6-8-13/h4-8,12,14H,9-11,15H2,1-3H3. The van der Waals surface area contributed by atoms with Crippen molar-refractivity contribution < 1.29 is 0 Å². The maximum atomic E-state index is 5.80. The van der Waals surface area contributed by atoms with Crippen LogP contribution in [0.5, 0.6) is 0 Å². The van der Waals surface area contributed by atoms with Crippen LogP contribution in [-0.4, -0.2) is 31.1 Å². The van der Waals surface area contributed by atoms with Crippen LogP contribution in [0.3, 0.4) is 0 Å². The van der Waals surface area contributed by atoms with Crippen LogP contribution in [0.25, 0.3) is 0 Å². The number of hydrogen-bond acceptors (Lipinski definition) is 2. The third-order valence-corrected chi connectivity index (χ3v) is 3.17. The van der Waals surface area contributed by atoms with Crippen molar-refractivity contribution in [2.24, 2.45) is 11.7 Å². The molecule has 90 valence electrons. The fourth-order valence-electron chi connectivity index (χ4n) is 2.08.